The number of ether oxygens (including phenoxy) is 1. The summed E-state index contributed by atoms with van der Waals surface area (Å²) in [6.45, 7) is 5.48. The second-order valence-corrected chi connectivity index (χ2v) is 7.64. The zero-order valence-electron chi connectivity index (χ0n) is 12.6. The van der Waals surface area contributed by atoms with Crippen LogP contribution in [0.25, 0.3) is 0 Å². The largest absolute Gasteiger partial charge is 0.490 e. The van der Waals surface area contributed by atoms with Crippen LogP contribution in [0.2, 0.25) is 0 Å². The van der Waals surface area contributed by atoms with Crippen LogP contribution in [0.4, 0.5) is 0 Å². The average molecular weight is 421 g/mol. The molecule has 2 rings (SSSR count). The average Bonchev–Trinajstić information content (AvgIpc) is 2.42. The van der Waals surface area contributed by atoms with Crippen LogP contribution in [0.5, 0.6) is 5.75 Å². The van der Waals surface area contributed by atoms with Crippen molar-refractivity contribution < 1.29 is 9.84 Å². The summed E-state index contributed by atoms with van der Waals surface area (Å²) in [6, 6.07) is 6.86. The standard InChI is InChI=1S/C16H23Br2NO2/c1-11-4-3-5-12(2)19(11)9-14(20)10-21-16-7-6-13(17)8-15(16)18/h6-8,11-12,14,20H,3-5,9-10H2,1-2H3/t11-,12+,14-/m1/s1. The lowest BCUT2D eigenvalue weighted by atomic mass is 9.97. The van der Waals surface area contributed by atoms with Gasteiger partial charge in [-0.1, -0.05) is 22.4 Å². The first kappa shape index (κ1) is 17.3. The molecule has 21 heavy (non-hydrogen) atoms. The zero-order valence-corrected chi connectivity index (χ0v) is 15.7. The van der Waals surface area contributed by atoms with Crippen molar-refractivity contribution in [2.45, 2.75) is 51.3 Å². The van der Waals surface area contributed by atoms with Gasteiger partial charge in [-0.2, -0.15) is 0 Å². The Labute approximate surface area is 143 Å². The molecule has 0 saturated carbocycles. The Bertz CT molecular complexity index is 460. The van der Waals surface area contributed by atoms with Crippen molar-refractivity contribution in [3.05, 3.63) is 27.1 Å². The summed E-state index contributed by atoms with van der Waals surface area (Å²) in [6.07, 6.45) is 3.26. The van der Waals surface area contributed by atoms with E-state index in [0.29, 0.717) is 25.2 Å². The van der Waals surface area contributed by atoms with E-state index >= 15 is 0 Å². The van der Waals surface area contributed by atoms with Crippen molar-refractivity contribution in [1.82, 2.24) is 4.90 Å². The first-order valence-electron chi connectivity index (χ1n) is 7.49. The summed E-state index contributed by atoms with van der Waals surface area (Å²) < 4.78 is 7.61. The third-order valence-electron chi connectivity index (χ3n) is 4.12. The van der Waals surface area contributed by atoms with E-state index in [4.69, 9.17) is 4.74 Å². The summed E-state index contributed by atoms with van der Waals surface area (Å²) in [5.41, 5.74) is 0. The van der Waals surface area contributed by atoms with Crippen LogP contribution < -0.4 is 4.74 Å². The van der Waals surface area contributed by atoms with Crippen molar-refractivity contribution in [2.24, 2.45) is 0 Å². The highest BCUT2D eigenvalue weighted by atomic mass is 79.9. The van der Waals surface area contributed by atoms with Crippen LogP contribution in [-0.4, -0.2) is 41.3 Å². The first-order valence-corrected chi connectivity index (χ1v) is 9.07. The lowest BCUT2D eigenvalue weighted by Gasteiger charge is -2.40. The predicted molar refractivity (Wildman–Crippen MR) is 92.8 cm³/mol. The molecule has 1 aromatic carbocycles. The number of nitrogens with zero attached hydrogens (tertiary/aromatic N) is 1. The number of hydrogen-bond acceptors (Lipinski definition) is 3. The van der Waals surface area contributed by atoms with Crippen LogP contribution in [0.1, 0.15) is 33.1 Å². The Kier molecular flexibility index (Phi) is 6.53. The molecule has 0 aromatic heterocycles. The molecule has 5 heteroatoms. The van der Waals surface area contributed by atoms with Crippen LogP contribution in [0.3, 0.4) is 0 Å². The topological polar surface area (TPSA) is 32.7 Å². The number of likely N-dealkylation sites (tertiary alicyclic amines) is 1. The fraction of sp³-hybridized carbons (Fsp3) is 0.625. The molecule has 118 valence electrons. The maximum absolute atomic E-state index is 10.3. The fourth-order valence-corrected chi connectivity index (χ4v) is 4.07. The summed E-state index contributed by atoms with van der Waals surface area (Å²) in [5.74, 6) is 0.761. The molecule has 1 aliphatic rings. The molecule has 0 bridgehead atoms. The van der Waals surface area contributed by atoms with Gasteiger partial charge in [0.2, 0.25) is 0 Å². The lowest BCUT2D eigenvalue weighted by molar-refractivity contribution is 0.0207. The summed E-state index contributed by atoms with van der Waals surface area (Å²) in [7, 11) is 0. The number of rotatable bonds is 5. The number of benzene rings is 1. The Morgan fingerprint density at radius 2 is 1.95 bits per heavy atom. The normalized spacial score (nSPS) is 24.8. The zero-order chi connectivity index (χ0) is 15.4. The first-order chi connectivity index (χ1) is 9.97. The smallest absolute Gasteiger partial charge is 0.133 e. The molecule has 1 heterocycles. The van der Waals surface area contributed by atoms with Crippen LogP contribution in [-0.2, 0) is 0 Å². The van der Waals surface area contributed by atoms with Crippen LogP contribution in [0.15, 0.2) is 27.1 Å². The molecular formula is C16H23Br2NO2. The number of aliphatic hydroxyl groups is 1. The van der Waals surface area contributed by atoms with E-state index < -0.39 is 6.10 Å². The number of piperidine rings is 1. The quantitative estimate of drug-likeness (QED) is 0.774. The van der Waals surface area contributed by atoms with E-state index in [-0.39, 0.29) is 0 Å². The second-order valence-electron chi connectivity index (χ2n) is 5.87. The summed E-state index contributed by atoms with van der Waals surface area (Å²) in [4.78, 5) is 2.40. The van der Waals surface area contributed by atoms with Gasteiger partial charge in [-0.05, 0) is 60.8 Å². The molecule has 3 atom stereocenters. The number of halogens is 2. The maximum atomic E-state index is 10.3. The third-order valence-corrected chi connectivity index (χ3v) is 5.24. The molecular weight excluding hydrogens is 398 g/mol. The molecule has 1 aromatic rings. The van der Waals surface area contributed by atoms with Gasteiger partial charge in [-0.3, -0.25) is 4.90 Å². The third kappa shape index (κ3) is 4.95. The number of β-amino-alcohol motifs (C(OH)–C–C–N with tert-alkyl or cyclic N) is 1. The van der Waals surface area contributed by atoms with E-state index in [9.17, 15) is 5.11 Å². The highest BCUT2D eigenvalue weighted by molar-refractivity contribution is 9.11. The second kappa shape index (κ2) is 7.95. The minimum absolute atomic E-state index is 0.316. The molecule has 1 N–H and O–H groups in total. The van der Waals surface area contributed by atoms with E-state index in [0.717, 1.165) is 14.7 Å². The Morgan fingerprint density at radius 1 is 1.29 bits per heavy atom. The molecule has 0 unspecified atom stereocenters. The highest BCUT2D eigenvalue weighted by Crippen LogP contribution is 2.28. The predicted octanol–water partition coefficient (Wildman–Crippen LogP) is 4.21. The van der Waals surface area contributed by atoms with Crippen molar-refractivity contribution in [2.75, 3.05) is 13.2 Å². The van der Waals surface area contributed by atoms with Gasteiger partial charge in [-0.15, -0.1) is 0 Å². The molecule has 1 aliphatic heterocycles. The monoisotopic (exact) mass is 419 g/mol. The van der Waals surface area contributed by atoms with Crippen molar-refractivity contribution in [1.29, 1.82) is 0 Å². The molecule has 0 amide bonds. The highest BCUT2D eigenvalue weighted by Gasteiger charge is 2.26. The van der Waals surface area contributed by atoms with Gasteiger partial charge >= 0.3 is 0 Å². The Balaban J connectivity index is 1.85. The van der Waals surface area contributed by atoms with Crippen molar-refractivity contribution in [3.63, 3.8) is 0 Å². The van der Waals surface area contributed by atoms with E-state index in [1.807, 2.05) is 18.2 Å². The van der Waals surface area contributed by atoms with E-state index in [1.165, 1.54) is 19.3 Å². The molecule has 1 fully saturated rings. The molecule has 1 saturated heterocycles. The molecule has 0 aliphatic carbocycles. The number of aliphatic hydroxyl groups excluding tert-OH is 1. The molecule has 0 radical (unpaired) electrons. The fourth-order valence-electron chi connectivity index (χ4n) is 2.91. The Hall–Kier alpha value is -0.100. The molecule has 0 spiro atoms. The van der Waals surface area contributed by atoms with Gasteiger partial charge < -0.3 is 9.84 Å². The summed E-state index contributed by atoms with van der Waals surface area (Å²) >= 11 is 6.88. The van der Waals surface area contributed by atoms with Crippen LogP contribution in [0, 0.1) is 0 Å². The van der Waals surface area contributed by atoms with Gasteiger partial charge in [-0.25, -0.2) is 0 Å². The SMILES string of the molecule is C[C@@H]1CCC[C@H](C)N1C[C@@H](O)COc1ccc(Br)cc1Br. The maximum Gasteiger partial charge on any atom is 0.133 e. The summed E-state index contributed by atoms with van der Waals surface area (Å²) in [5, 5.41) is 10.3. The van der Waals surface area contributed by atoms with Gasteiger partial charge in [0.1, 0.15) is 18.5 Å². The van der Waals surface area contributed by atoms with Crippen LogP contribution >= 0.6 is 31.9 Å². The Morgan fingerprint density at radius 3 is 2.57 bits per heavy atom. The van der Waals surface area contributed by atoms with Gasteiger partial charge in [0.05, 0.1) is 4.47 Å². The van der Waals surface area contributed by atoms with E-state index in [1.54, 1.807) is 0 Å². The van der Waals surface area contributed by atoms with E-state index in [2.05, 4.69) is 50.6 Å². The van der Waals surface area contributed by atoms with Gasteiger partial charge in [0, 0.05) is 23.1 Å². The minimum Gasteiger partial charge on any atom is -0.490 e. The molecule has 3 nitrogen and oxygen atoms in total. The number of hydrogen-bond donors (Lipinski definition) is 1. The lowest BCUT2D eigenvalue weighted by Crippen LogP contribution is -2.48. The van der Waals surface area contributed by atoms with Gasteiger partial charge in [0.15, 0.2) is 0 Å². The van der Waals surface area contributed by atoms with Gasteiger partial charge in [0.25, 0.3) is 0 Å². The minimum atomic E-state index is -0.469. The van der Waals surface area contributed by atoms with Crippen molar-refractivity contribution in [3.8, 4) is 5.75 Å². The van der Waals surface area contributed by atoms with Crippen molar-refractivity contribution >= 4 is 31.9 Å².